The van der Waals surface area contributed by atoms with Gasteiger partial charge in [0, 0.05) is 17.7 Å². The summed E-state index contributed by atoms with van der Waals surface area (Å²) in [5, 5.41) is 8.32. The van der Waals surface area contributed by atoms with Crippen molar-refractivity contribution in [1.29, 1.82) is 5.26 Å². The summed E-state index contributed by atoms with van der Waals surface area (Å²) in [7, 11) is 0. The molecule has 14 heavy (non-hydrogen) atoms. The number of hydrogen-bond acceptors (Lipinski definition) is 2. The fraction of sp³-hybridized carbons (Fsp3) is 0.222. The zero-order valence-corrected chi connectivity index (χ0v) is 8.02. The van der Waals surface area contributed by atoms with E-state index >= 15 is 0 Å². The molecule has 2 N–H and O–H groups in total. The summed E-state index contributed by atoms with van der Waals surface area (Å²) in [6, 6.07) is 4.27. The number of nitrogens with zero attached hydrogens (tertiary/aromatic N) is 1. The maximum atomic E-state index is 13.0. The summed E-state index contributed by atoms with van der Waals surface area (Å²) in [6.07, 6.45) is 0.0164. The second-order valence-electron chi connectivity index (χ2n) is 2.63. The van der Waals surface area contributed by atoms with Crippen LogP contribution in [0.1, 0.15) is 18.0 Å². The highest BCUT2D eigenvalue weighted by molar-refractivity contribution is 5.85. The van der Waals surface area contributed by atoms with Gasteiger partial charge >= 0.3 is 0 Å². The molecule has 0 saturated carbocycles. The van der Waals surface area contributed by atoms with Crippen molar-refractivity contribution < 1.29 is 8.78 Å². The van der Waals surface area contributed by atoms with Crippen LogP contribution in [-0.4, -0.2) is 0 Å². The molecule has 0 amide bonds. The first-order chi connectivity index (χ1) is 6.15. The number of benzene rings is 1. The van der Waals surface area contributed by atoms with Gasteiger partial charge in [-0.2, -0.15) is 5.26 Å². The molecule has 0 saturated heterocycles. The first-order valence-corrected chi connectivity index (χ1v) is 3.72. The lowest BCUT2D eigenvalue weighted by Crippen LogP contribution is -2.11. The lowest BCUT2D eigenvalue weighted by Gasteiger charge is -2.08. The summed E-state index contributed by atoms with van der Waals surface area (Å²) in [5.41, 5.74) is 5.64. The smallest absolute Gasteiger partial charge is 0.130 e. The lowest BCUT2D eigenvalue weighted by molar-refractivity contribution is 0.557. The Morgan fingerprint density at radius 3 is 2.57 bits per heavy atom. The van der Waals surface area contributed by atoms with Crippen LogP contribution in [0.4, 0.5) is 8.78 Å². The number of rotatable bonds is 2. The lowest BCUT2D eigenvalue weighted by atomic mass is 10.0. The molecule has 0 heterocycles. The molecule has 1 atom stereocenters. The minimum Gasteiger partial charge on any atom is -0.323 e. The van der Waals surface area contributed by atoms with E-state index in [0.29, 0.717) is 0 Å². The quantitative estimate of drug-likeness (QED) is 0.828. The molecule has 2 nitrogen and oxygen atoms in total. The summed E-state index contributed by atoms with van der Waals surface area (Å²) in [6.45, 7) is 0. The third kappa shape index (κ3) is 2.95. The van der Waals surface area contributed by atoms with Gasteiger partial charge < -0.3 is 5.73 Å². The van der Waals surface area contributed by atoms with Gasteiger partial charge in [0.05, 0.1) is 12.5 Å². The molecule has 5 heteroatoms. The van der Waals surface area contributed by atoms with Crippen molar-refractivity contribution in [2.45, 2.75) is 12.5 Å². The molecule has 1 rings (SSSR count). The van der Waals surface area contributed by atoms with E-state index in [1.807, 2.05) is 6.07 Å². The van der Waals surface area contributed by atoms with Crippen LogP contribution in [-0.2, 0) is 0 Å². The van der Waals surface area contributed by atoms with Gasteiger partial charge in [-0.3, -0.25) is 0 Å². The van der Waals surface area contributed by atoms with Gasteiger partial charge in [-0.25, -0.2) is 8.78 Å². The minimum atomic E-state index is -0.706. The van der Waals surface area contributed by atoms with Gasteiger partial charge in [-0.1, -0.05) is 6.07 Å². The highest BCUT2D eigenvalue weighted by Gasteiger charge is 2.11. The molecule has 76 valence electrons. The highest BCUT2D eigenvalue weighted by Crippen LogP contribution is 2.18. The van der Waals surface area contributed by atoms with Crippen molar-refractivity contribution in [3.63, 3.8) is 0 Å². The molecule has 0 radical (unpaired) electrons. The highest BCUT2D eigenvalue weighted by atomic mass is 35.5. The predicted octanol–water partition coefficient (Wildman–Crippen LogP) is 2.30. The summed E-state index contributed by atoms with van der Waals surface area (Å²) >= 11 is 0. The van der Waals surface area contributed by atoms with Gasteiger partial charge in [0.25, 0.3) is 0 Å². The Morgan fingerprint density at radius 1 is 1.43 bits per heavy atom. The fourth-order valence-corrected chi connectivity index (χ4v) is 1.01. The van der Waals surface area contributed by atoms with Crippen LogP contribution in [0.25, 0.3) is 0 Å². The van der Waals surface area contributed by atoms with E-state index in [1.165, 1.54) is 6.07 Å². The Bertz CT molecular complexity index is 349. The average Bonchev–Trinajstić information content (AvgIpc) is 2.04. The number of nitrogens with two attached hydrogens (primary N) is 1. The van der Waals surface area contributed by atoms with Gasteiger partial charge in [-0.15, -0.1) is 12.4 Å². The SMILES string of the molecule is Cl.N#CC[C@@H](N)c1ccc(F)cc1F. The largest absolute Gasteiger partial charge is 0.323 e. The van der Waals surface area contributed by atoms with Gasteiger partial charge in [-0.05, 0) is 6.07 Å². The maximum absolute atomic E-state index is 13.0. The fourth-order valence-electron chi connectivity index (χ4n) is 1.01. The number of nitriles is 1. The van der Waals surface area contributed by atoms with Crippen LogP contribution in [0.3, 0.4) is 0 Å². The molecular formula is C9H9ClF2N2. The molecule has 1 aromatic carbocycles. The van der Waals surface area contributed by atoms with E-state index in [4.69, 9.17) is 11.0 Å². The van der Waals surface area contributed by atoms with Gasteiger partial charge in [0.1, 0.15) is 11.6 Å². The summed E-state index contributed by atoms with van der Waals surface area (Å²) in [5.74, 6) is -1.35. The van der Waals surface area contributed by atoms with Crippen LogP contribution in [0.2, 0.25) is 0 Å². The van der Waals surface area contributed by atoms with Crippen molar-refractivity contribution in [2.24, 2.45) is 5.73 Å². The molecule has 1 aromatic rings. The molecular weight excluding hydrogens is 210 g/mol. The molecule has 0 aliphatic rings. The first kappa shape index (κ1) is 12.8. The first-order valence-electron chi connectivity index (χ1n) is 3.72. The third-order valence-electron chi connectivity index (χ3n) is 1.67. The van der Waals surface area contributed by atoms with Crippen molar-refractivity contribution in [2.75, 3.05) is 0 Å². The van der Waals surface area contributed by atoms with Crippen LogP contribution in [0.15, 0.2) is 18.2 Å². The molecule has 0 unspecified atom stereocenters. The molecule has 0 aromatic heterocycles. The van der Waals surface area contributed by atoms with Crippen LogP contribution < -0.4 is 5.73 Å². The molecule has 0 fully saturated rings. The topological polar surface area (TPSA) is 49.8 Å². The van der Waals surface area contributed by atoms with E-state index < -0.39 is 17.7 Å². The van der Waals surface area contributed by atoms with Crippen LogP contribution in [0.5, 0.6) is 0 Å². The summed E-state index contributed by atoms with van der Waals surface area (Å²) in [4.78, 5) is 0. The standard InChI is InChI=1S/C9H8F2N2.ClH/c10-6-1-2-7(8(11)5-6)9(13)3-4-12;/h1-2,5,9H,3,13H2;1H/t9-;/m1./s1. The number of hydrogen-bond donors (Lipinski definition) is 1. The Hall–Kier alpha value is -1.18. The second kappa shape index (κ2) is 5.53. The predicted molar refractivity (Wildman–Crippen MR) is 50.8 cm³/mol. The number of halogens is 3. The Morgan fingerprint density at radius 2 is 2.07 bits per heavy atom. The van der Waals surface area contributed by atoms with E-state index in [2.05, 4.69) is 0 Å². The average molecular weight is 219 g/mol. The minimum absolute atomic E-state index is 0. The zero-order valence-electron chi connectivity index (χ0n) is 7.21. The van der Waals surface area contributed by atoms with Crippen molar-refractivity contribution in [3.05, 3.63) is 35.4 Å². The van der Waals surface area contributed by atoms with E-state index in [0.717, 1.165) is 12.1 Å². The van der Waals surface area contributed by atoms with Crippen LogP contribution in [0, 0.1) is 23.0 Å². The normalized spacial score (nSPS) is 11.3. The van der Waals surface area contributed by atoms with Gasteiger partial charge in [0.2, 0.25) is 0 Å². The van der Waals surface area contributed by atoms with E-state index in [-0.39, 0.29) is 24.4 Å². The maximum Gasteiger partial charge on any atom is 0.130 e. The third-order valence-corrected chi connectivity index (χ3v) is 1.67. The Balaban J connectivity index is 0.00000169. The zero-order chi connectivity index (χ0) is 9.84. The second-order valence-corrected chi connectivity index (χ2v) is 2.63. The van der Waals surface area contributed by atoms with Crippen molar-refractivity contribution in [3.8, 4) is 6.07 Å². The Labute approximate surface area is 86.7 Å². The molecule has 0 spiro atoms. The summed E-state index contributed by atoms with van der Waals surface area (Å²) < 4.78 is 25.4. The van der Waals surface area contributed by atoms with Crippen LogP contribution >= 0.6 is 12.4 Å². The monoisotopic (exact) mass is 218 g/mol. The van der Waals surface area contributed by atoms with Crippen molar-refractivity contribution in [1.82, 2.24) is 0 Å². The van der Waals surface area contributed by atoms with Gasteiger partial charge in [0.15, 0.2) is 0 Å². The Kier molecular flexibility index (Phi) is 5.06. The van der Waals surface area contributed by atoms with Crippen molar-refractivity contribution >= 4 is 12.4 Å². The molecule has 0 bridgehead atoms. The molecule has 0 aliphatic carbocycles. The van der Waals surface area contributed by atoms with E-state index in [1.54, 1.807) is 0 Å². The van der Waals surface area contributed by atoms with E-state index in [9.17, 15) is 8.78 Å². The molecule has 0 aliphatic heterocycles.